The highest BCUT2D eigenvalue weighted by atomic mass is 35.5. The number of carbonyl (C=O) groups excluding carboxylic acids is 2. The Morgan fingerprint density at radius 1 is 0.969 bits per heavy atom. The standard InChI is InChI=1S/C26H25ClN2O3/c1-16-7-3-4-9-20(16)25(31)28-19-10-11-21(17(2)13-19)26(32)29-12-6-5-8-18-14-22(27)24(30)15-23(18)29/h3-4,7,9-11,13-15,30H,5-6,8,12H2,1-2H3,(H,28,31). The van der Waals surface area contributed by atoms with E-state index < -0.39 is 0 Å². The summed E-state index contributed by atoms with van der Waals surface area (Å²) in [4.78, 5) is 27.8. The van der Waals surface area contributed by atoms with E-state index in [1.807, 2.05) is 38.1 Å². The summed E-state index contributed by atoms with van der Waals surface area (Å²) >= 11 is 6.09. The normalized spacial score (nSPS) is 13.3. The van der Waals surface area contributed by atoms with Gasteiger partial charge in [-0.25, -0.2) is 0 Å². The Hall–Kier alpha value is -3.31. The molecular formula is C26H25ClN2O3. The molecule has 1 aliphatic rings. The number of nitrogens with zero attached hydrogens (tertiary/aromatic N) is 1. The number of aryl methyl sites for hydroxylation is 3. The van der Waals surface area contributed by atoms with Crippen molar-refractivity contribution in [3.63, 3.8) is 0 Å². The zero-order valence-corrected chi connectivity index (χ0v) is 18.9. The van der Waals surface area contributed by atoms with Crippen LogP contribution in [-0.2, 0) is 6.42 Å². The van der Waals surface area contributed by atoms with Gasteiger partial charge in [0.05, 0.1) is 10.7 Å². The van der Waals surface area contributed by atoms with Crippen LogP contribution >= 0.6 is 11.6 Å². The zero-order valence-electron chi connectivity index (χ0n) is 18.1. The summed E-state index contributed by atoms with van der Waals surface area (Å²) in [5.74, 6) is -0.351. The van der Waals surface area contributed by atoms with Gasteiger partial charge in [0.2, 0.25) is 0 Å². The van der Waals surface area contributed by atoms with Crippen LogP contribution in [0.1, 0.15) is 50.2 Å². The van der Waals surface area contributed by atoms with Crippen molar-refractivity contribution in [2.45, 2.75) is 33.1 Å². The van der Waals surface area contributed by atoms with Crippen LogP contribution in [-0.4, -0.2) is 23.5 Å². The SMILES string of the molecule is Cc1ccccc1C(=O)Nc1ccc(C(=O)N2CCCCc3cc(Cl)c(O)cc32)c(C)c1. The number of hydrogen-bond donors (Lipinski definition) is 2. The lowest BCUT2D eigenvalue weighted by Crippen LogP contribution is -2.32. The summed E-state index contributed by atoms with van der Waals surface area (Å²) in [5.41, 5.74) is 5.13. The predicted octanol–water partition coefficient (Wildman–Crippen LogP) is 5.90. The zero-order chi connectivity index (χ0) is 22.8. The van der Waals surface area contributed by atoms with Gasteiger partial charge < -0.3 is 15.3 Å². The molecule has 0 fully saturated rings. The van der Waals surface area contributed by atoms with Gasteiger partial charge in [0, 0.05) is 29.4 Å². The first-order chi connectivity index (χ1) is 15.3. The van der Waals surface area contributed by atoms with Gasteiger partial charge in [-0.05, 0) is 80.1 Å². The van der Waals surface area contributed by atoms with Crippen LogP contribution in [0.3, 0.4) is 0 Å². The van der Waals surface area contributed by atoms with Crippen molar-refractivity contribution in [3.8, 4) is 5.75 Å². The molecule has 0 aliphatic carbocycles. The second-order valence-electron chi connectivity index (χ2n) is 8.14. The quantitative estimate of drug-likeness (QED) is 0.524. The van der Waals surface area contributed by atoms with Gasteiger partial charge in [0.25, 0.3) is 11.8 Å². The highest BCUT2D eigenvalue weighted by Gasteiger charge is 2.25. The minimum Gasteiger partial charge on any atom is -0.506 e. The summed E-state index contributed by atoms with van der Waals surface area (Å²) in [6.07, 6.45) is 2.62. The van der Waals surface area contributed by atoms with Crippen molar-refractivity contribution in [2.75, 3.05) is 16.8 Å². The minimum absolute atomic E-state index is 0.0314. The van der Waals surface area contributed by atoms with E-state index in [2.05, 4.69) is 5.32 Å². The van der Waals surface area contributed by atoms with E-state index in [0.29, 0.717) is 34.1 Å². The molecule has 6 heteroatoms. The Morgan fingerprint density at radius 3 is 2.50 bits per heavy atom. The highest BCUT2D eigenvalue weighted by Crippen LogP contribution is 2.36. The lowest BCUT2D eigenvalue weighted by molar-refractivity contribution is 0.0985. The second kappa shape index (κ2) is 9.05. The van der Waals surface area contributed by atoms with Crippen LogP contribution in [0.5, 0.6) is 5.75 Å². The molecule has 32 heavy (non-hydrogen) atoms. The number of amides is 2. The maximum absolute atomic E-state index is 13.5. The van der Waals surface area contributed by atoms with Crippen molar-refractivity contribution in [1.82, 2.24) is 0 Å². The number of rotatable bonds is 3. The molecule has 0 saturated carbocycles. The number of carbonyl (C=O) groups is 2. The number of benzene rings is 3. The number of anilines is 2. The Bertz CT molecular complexity index is 1210. The summed E-state index contributed by atoms with van der Waals surface area (Å²) in [6.45, 7) is 4.32. The van der Waals surface area contributed by atoms with Gasteiger partial charge in [-0.3, -0.25) is 9.59 Å². The molecule has 2 amide bonds. The lowest BCUT2D eigenvalue weighted by Gasteiger charge is -2.24. The molecule has 1 heterocycles. The summed E-state index contributed by atoms with van der Waals surface area (Å²) in [6, 6.07) is 16.0. The number of hydrogen-bond acceptors (Lipinski definition) is 3. The third kappa shape index (κ3) is 4.34. The van der Waals surface area contributed by atoms with Crippen molar-refractivity contribution >= 4 is 34.8 Å². The lowest BCUT2D eigenvalue weighted by atomic mass is 10.0. The molecule has 1 aliphatic heterocycles. The number of fused-ring (bicyclic) bond motifs is 1. The van der Waals surface area contributed by atoms with E-state index in [-0.39, 0.29) is 17.6 Å². The molecule has 0 spiro atoms. The first-order valence-electron chi connectivity index (χ1n) is 10.7. The van der Waals surface area contributed by atoms with Crippen molar-refractivity contribution < 1.29 is 14.7 Å². The van der Waals surface area contributed by atoms with Gasteiger partial charge in [0.15, 0.2) is 0 Å². The van der Waals surface area contributed by atoms with E-state index in [1.54, 1.807) is 35.2 Å². The Morgan fingerprint density at radius 2 is 1.75 bits per heavy atom. The topological polar surface area (TPSA) is 69.6 Å². The van der Waals surface area contributed by atoms with Crippen molar-refractivity contribution in [3.05, 3.63) is 87.4 Å². The molecule has 4 rings (SSSR count). The van der Waals surface area contributed by atoms with Gasteiger partial charge >= 0.3 is 0 Å². The van der Waals surface area contributed by atoms with Crippen LogP contribution < -0.4 is 10.2 Å². The van der Waals surface area contributed by atoms with E-state index in [9.17, 15) is 14.7 Å². The minimum atomic E-state index is -0.185. The molecule has 164 valence electrons. The van der Waals surface area contributed by atoms with E-state index in [4.69, 9.17) is 11.6 Å². The molecule has 0 atom stereocenters. The monoisotopic (exact) mass is 448 g/mol. The maximum atomic E-state index is 13.5. The first kappa shape index (κ1) is 21.9. The van der Waals surface area contributed by atoms with E-state index in [0.717, 1.165) is 36.0 Å². The molecule has 0 aromatic heterocycles. The Kier molecular flexibility index (Phi) is 6.19. The molecule has 0 unspecified atom stereocenters. The summed E-state index contributed by atoms with van der Waals surface area (Å²) < 4.78 is 0. The van der Waals surface area contributed by atoms with E-state index >= 15 is 0 Å². The number of phenolic OH excluding ortho intramolecular Hbond substituents is 1. The van der Waals surface area contributed by atoms with Gasteiger partial charge in [-0.1, -0.05) is 29.8 Å². The van der Waals surface area contributed by atoms with Gasteiger partial charge in [0.1, 0.15) is 5.75 Å². The molecule has 2 N–H and O–H groups in total. The maximum Gasteiger partial charge on any atom is 0.258 e. The molecule has 5 nitrogen and oxygen atoms in total. The Labute approximate surface area is 192 Å². The second-order valence-corrected chi connectivity index (χ2v) is 8.55. The molecule has 0 saturated heterocycles. The summed E-state index contributed by atoms with van der Waals surface area (Å²) in [7, 11) is 0. The van der Waals surface area contributed by atoms with Crippen molar-refractivity contribution in [2.24, 2.45) is 0 Å². The number of phenols is 1. The fourth-order valence-electron chi connectivity index (χ4n) is 4.11. The van der Waals surface area contributed by atoms with Gasteiger partial charge in [-0.15, -0.1) is 0 Å². The average molecular weight is 449 g/mol. The third-order valence-corrected chi connectivity index (χ3v) is 6.17. The third-order valence-electron chi connectivity index (χ3n) is 5.87. The van der Waals surface area contributed by atoms with Crippen LogP contribution in [0.25, 0.3) is 0 Å². The van der Waals surface area contributed by atoms with E-state index in [1.165, 1.54) is 0 Å². The van der Waals surface area contributed by atoms with Crippen LogP contribution in [0.15, 0.2) is 54.6 Å². The molecule has 0 radical (unpaired) electrons. The van der Waals surface area contributed by atoms with Crippen LogP contribution in [0, 0.1) is 13.8 Å². The molecule has 3 aromatic carbocycles. The average Bonchev–Trinajstić information content (AvgIpc) is 2.96. The predicted molar refractivity (Wildman–Crippen MR) is 128 cm³/mol. The number of aromatic hydroxyl groups is 1. The first-order valence-corrected chi connectivity index (χ1v) is 11.0. The molecular weight excluding hydrogens is 424 g/mol. The van der Waals surface area contributed by atoms with Crippen LogP contribution in [0.4, 0.5) is 11.4 Å². The number of nitrogens with one attached hydrogen (secondary N) is 1. The summed E-state index contributed by atoms with van der Waals surface area (Å²) in [5, 5.41) is 13.3. The van der Waals surface area contributed by atoms with Crippen LogP contribution in [0.2, 0.25) is 5.02 Å². The smallest absolute Gasteiger partial charge is 0.258 e. The molecule has 0 bridgehead atoms. The molecule has 3 aromatic rings. The fraction of sp³-hybridized carbons (Fsp3) is 0.231. The largest absolute Gasteiger partial charge is 0.506 e. The highest BCUT2D eigenvalue weighted by molar-refractivity contribution is 6.32. The van der Waals surface area contributed by atoms with Gasteiger partial charge in [-0.2, -0.15) is 0 Å². The Balaban J connectivity index is 1.60. The fourth-order valence-corrected chi connectivity index (χ4v) is 4.30. The number of halogens is 1. The van der Waals surface area contributed by atoms with Crippen molar-refractivity contribution in [1.29, 1.82) is 0 Å².